The van der Waals surface area contributed by atoms with Crippen LogP contribution >= 0.6 is 0 Å². The molecule has 2 aromatic rings. The van der Waals surface area contributed by atoms with Crippen LogP contribution in [0.4, 0.5) is 10.1 Å². The van der Waals surface area contributed by atoms with Gasteiger partial charge in [0.1, 0.15) is 11.9 Å². The topological polar surface area (TPSA) is 110 Å². The Bertz CT molecular complexity index is 698. The number of rotatable bonds is 4. The standard InChI is InChI=1S/C13H13FN4O3/c1-18-6-7(5-16-18)10(15)12(19)17-11-8(13(20)21)3-2-4-9(11)14/h2-6,10H,15H2,1H3,(H,17,19)(H,20,21). The number of hydrogen-bond donors (Lipinski definition) is 3. The van der Waals surface area contributed by atoms with Gasteiger partial charge < -0.3 is 16.2 Å². The molecule has 7 nitrogen and oxygen atoms in total. The summed E-state index contributed by atoms with van der Waals surface area (Å²) in [6, 6.07) is 2.41. The first kappa shape index (κ1) is 14.7. The second-order valence-corrected chi connectivity index (χ2v) is 4.38. The molecule has 1 amide bonds. The molecular weight excluding hydrogens is 279 g/mol. The fourth-order valence-corrected chi connectivity index (χ4v) is 1.78. The van der Waals surface area contributed by atoms with E-state index in [4.69, 9.17) is 10.8 Å². The minimum Gasteiger partial charge on any atom is -0.478 e. The van der Waals surface area contributed by atoms with Crippen LogP contribution in [0, 0.1) is 5.82 Å². The first-order chi connectivity index (χ1) is 9.90. The number of halogens is 1. The SMILES string of the molecule is Cn1cc(C(N)C(=O)Nc2c(F)cccc2C(=O)O)cn1. The first-order valence-corrected chi connectivity index (χ1v) is 5.97. The van der Waals surface area contributed by atoms with Crippen molar-refractivity contribution in [3.05, 3.63) is 47.5 Å². The van der Waals surface area contributed by atoms with E-state index in [0.717, 1.165) is 6.07 Å². The van der Waals surface area contributed by atoms with Crippen molar-refractivity contribution < 1.29 is 19.1 Å². The molecule has 2 rings (SSSR count). The van der Waals surface area contributed by atoms with Crippen LogP contribution in [0.5, 0.6) is 0 Å². The molecule has 8 heteroatoms. The van der Waals surface area contributed by atoms with Crippen LogP contribution in [0.25, 0.3) is 0 Å². The highest BCUT2D eigenvalue weighted by Gasteiger charge is 2.22. The lowest BCUT2D eigenvalue weighted by molar-refractivity contribution is -0.117. The van der Waals surface area contributed by atoms with E-state index in [1.54, 1.807) is 13.2 Å². The molecule has 0 aliphatic heterocycles. The summed E-state index contributed by atoms with van der Waals surface area (Å²) in [5, 5.41) is 15.1. The maximum absolute atomic E-state index is 13.7. The maximum Gasteiger partial charge on any atom is 0.337 e. The van der Waals surface area contributed by atoms with Gasteiger partial charge in [0.25, 0.3) is 0 Å². The van der Waals surface area contributed by atoms with Gasteiger partial charge in [-0.2, -0.15) is 5.10 Å². The number of aromatic nitrogens is 2. The van der Waals surface area contributed by atoms with Gasteiger partial charge in [-0.1, -0.05) is 6.07 Å². The molecule has 0 spiro atoms. The second-order valence-electron chi connectivity index (χ2n) is 4.38. The highest BCUT2D eigenvalue weighted by Crippen LogP contribution is 2.21. The van der Waals surface area contributed by atoms with Gasteiger partial charge in [-0.05, 0) is 12.1 Å². The number of carboxylic acids is 1. The lowest BCUT2D eigenvalue weighted by Crippen LogP contribution is -2.28. The normalized spacial score (nSPS) is 12.0. The van der Waals surface area contributed by atoms with Gasteiger partial charge in [0.2, 0.25) is 5.91 Å². The number of carbonyl (C=O) groups is 2. The van der Waals surface area contributed by atoms with Crippen LogP contribution in [-0.2, 0) is 11.8 Å². The Morgan fingerprint density at radius 2 is 2.19 bits per heavy atom. The van der Waals surface area contributed by atoms with Gasteiger partial charge in [-0.3, -0.25) is 9.48 Å². The molecule has 1 heterocycles. The quantitative estimate of drug-likeness (QED) is 0.775. The lowest BCUT2D eigenvalue weighted by atomic mass is 10.1. The molecule has 0 fully saturated rings. The lowest BCUT2D eigenvalue weighted by Gasteiger charge is -2.13. The van der Waals surface area contributed by atoms with Crippen LogP contribution in [0.1, 0.15) is 22.0 Å². The van der Waals surface area contributed by atoms with E-state index < -0.39 is 29.4 Å². The van der Waals surface area contributed by atoms with Gasteiger partial charge >= 0.3 is 5.97 Å². The summed E-state index contributed by atoms with van der Waals surface area (Å²) < 4.78 is 15.2. The molecule has 1 unspecified atom stereocenters. The van der Waals surface area contributed by atoms with Crippen molar-refractivity contribution in [3.63, 3.8) is 0 Å². The van der Waals surface area contributed by atoms with Crippen molar-refractivity contribution in [2.75, 3.05) is 5.32 Å². The first-order valence-electron chi connectivity index (χ1n) is 5.97. The Hall–Kier alpha value is -2.74. The summed E-state index contributed by atoms with van der Waals surface area (Å²) in [4.78, 5) is 23.1. The zero-order valence-corrected chi connectivity index (χ0v) is 11.1. The zero-order valence-electron chi connectivity index (χ0n) is 11.1. The minimum absolute atomic E-state index is 0.346. The number of carboxylic acid groups (broad SMARTS) is 1. The third-order valence-electron chi connectivity index (χ3n) is 2.86. The van der Waals surface area contributed by atoms with E-state index in [1.807, 2.05) is 0 Å². The average molecular weight is 292 g/mol. The molecule has 1 aromatic heterocycles. The largest absolute Gasteiger partial charge is 0.478 e. The number of para-hydroxylation sites is 1. The Labute approximate surface area is 119 Å². The monoisotopic (exact) mass is 292 g/mol. The van der Waals surface area contributed by atoms with Crippen LogP contribution in [-0.4, -0.2) is 26.8 Å². The number of hydrogen-bond acceptors (Lipinski definition) is 4. The van der Waals surface area contributed by atoms with Crippen molar-refractivity contribution in [1.29, 1.82) is 0 Å². The third-order valence-corrected chi connectivity index (χ3v) is 2.86. The van der Waals surface area contributed by atoms with E-state index in [1.165, 1.54) is 23.0 Å². The molecule has 0 saturated carbocycles. The highest BCUT2D eigenvalue weighted by molar-refractivity contribution is 6.02. The smallest absolute Gasteiger partial charge is 0.337 e. The molecule has 1 aromatic carbocycles. The molecule has 21 heavy (non-hydrogen) atoms. The summed E-state index contributed by atoms with van der Waals surface area (Å²) in [5.41, 5.74) is 5.42. The predicted octanol–water partition coefficient (Wildman–Crippen LogP) is 0.896. The Balaban J connectivity index is 2.26. The molecule has 0 bridgehead atoms. The fraction of sp³-hybridized carbons (Fsp3) is 0.154. The van der Waals surface area contributed by atoms with Crippen LogP contribution in [0.15, 0.2) is 30.6 Å². The summed E-state index contributed by atoms with van der Waals surface area (Å²) >= 11 is 0. The van der Waals surface area contributed by atoms with Crippen LogP contribution in [0.3, 0.4) is 0 Å². The van der Waals surface area contributed by atoms with Gasteiger partial charge in [-0.25, -0.2) is 9.18 Å². The van der Waals surface area contributed by atoms with Crippen molar-refractivity contribution in [3.8, 4) is 0 Å². The summed E-state index contributed by atoms with van der Waals surface area (Å²) in [7, 11) is 1.66. The number of nitrogens with zero attached hydrogens (tertiary/aromatic N) is 2. The number of anilines is 1. The van der Waals surface area contributed by atoms with Gasteiger partial charge in [-0.15, -0.1) is 0 Å². The highest BCUT2D eigenvalue weighted by atomic mass is 19.1. The molecule has 0 aliphatic carbocycles. The summed E-state index contributed by atoms with van der Waals surface area (Å²) in [6.07, 6.45) is 2.95. The number of aromatic carboxylic acids is 1. The van der Waals surface area contributed by atoms with Crippen LogP contribution < -0.4 is 11.1 Å². The number of nitrogens with one attached hydrogen (secondary N) is 1. The molecule has 1 atom stereocenters. The van der Waals surface area contributed by atoms with Gasteiger partial charge in [0.05, 0.1) is 17.4 Å². The fourth-order valence-electron chi connectivity index (χ4n) is 1.78. The zero-order chi connectivity index (χ0) is 15.6. The van der Waals surface area contributed by atoms with E-state index >= 15 is 0 Å². The Morgan fingerprint density at radius 1 is 1.48 bits per heavy atom. The predicted molar refractivity (Wildman–Crippen MR) is 72.1 cm³/mol. The van der Waals surface area contributed by atoms with Crippen molar-refractivity contribution in [2.45, 2.75) is 6.04 Å². The Morgan fingerprint density at radius 3 is 2.76 bits per heavy atom. The molecular formula is C13H13FN4O3. The minimum atomic E-state index is -1.35. The number of amides is 1. The molecule has 0 aliphatic rings. The van der Waals surface area contributed by atoms with E-state index in [2.05, 4.69) is 10.4 Å². The van der Waals surface area contributed by atoms with Crippen molar-refractivity contribution >= 4 is 17.6 Å². The average Bonchev–Trinajstić information content (AvgIpc) is 2.86. The number of benzene rings is 1. The van der Waals surface area contributed by atoms with Gasteiger partial charge in [0, 0.05) is 18.8 Å². The van der Waals surface area contributed by atoms with Gasteiger partial charge in [0.15, 0.2) is 0 Å². The number of nitrogens with two attached hydrogens (primary N) is 1. The Kier molecular flexibility index (Phi) is 3.99. The molecule has 0 saturated heterocycles. The maximum atomic E-state index is 13.7. The van der Waals surface area contributed by atoms with E-state index in [9.17, 15) is 14.0 Å². The van der Waals surface area contributed by atoms with Crippen LogP contribution in [0.2, 0.25) is 0 Å². The molecule has 110 valence electrons. The van der Waals surface area contributed by atoms with Crippen molar-refractivity contribution in [1.82, 2.24) is 9.78 Å². The third kappa shape index (κ3) is 3.06. The summed E-state index contributed by atoms with van der Waals surface area (Å²) in [5.74, 6) is -2.92. The van der Waals surface area contributed by atoms with E-state index in [0.29, 0.717) is 5.56 Å². The second kappa shape index (κ2) is 5.71. The van der Waals surface area contributed by atoms with Crippen molar-refractivity contribution in [2.24, 2.45) is 12.8 Å². The summed E-state index contributed by atoms with van der Waals surface area (Å²) in [6.45, 7) is 0. The number of aryl methyl sites for hydroxylation is 1. The molecule has 0 radical (unpaired) electrons. The number of carbonyl (C=O) groups excluding carboxylic acids is 1. The van der Waals surface area contributed by atoms with E-state index in [-0.39, 0.29) is 5.56 Å². The molecule has 4 N–H and O–H groups in total.